The van der Waals surface area contributed by atoms with Crippen molar-refractivity contribution in [1.29, 1.82) is 0 Å². The third kappa shape index (κ3) is 2.18. The lowest BCUT2D eigenvalue weighted by Gasteiger charge is -2.31. The van der Waals surface area contributed by atoms with Gasteiger partial charge in [-0.05, 0) is 19.1 Å². The van der Waals surface area contributed by atoms with Gasteiger partial charge in [-0.2, -0.15) is 4.31 Å². The van der Waals surface area contributed by atoms with Gasteiger partial charge in [-0.15, -0.1) is 0 Å². The number of amides is 1. The van der Waals surface area contributed by atoms with E-state index in [2.05, 4.69) is 5.32 Å². The highest BCUT2D eigenvalue weighted by Crippen LogP contribution is 2.19. The number of nitrogens with zero attached hydrogens (tertiary/aromatic N) is 1. The molecule has 5 nitrogen and oxygen atoms in total. The molecular formula is C11H14N2O3S. The average Bonchev–Trinajstić information content (AvgIpc) is 2.33. The van der Waals surface area contributed by atoms with E-state index in [0.717, 1.165) is 0 Å². The molecule has 0 bridgehead atoms. The van der Waals surface area contributed by atoms with Gasteiger partial charge in [0.25, 0.3) is 0 Å². The van der Waals surface area contributed by atoms with Gasteiger partial charge in [0, 0.05) is 13.1 Å². The monoisotopic (exact) mass is 254 g/mol. The zero-order chi connectivity index (χ0) is 12.5. The second-order valence-electron chi connectivity index (χ2n) is 3.90. The minimum atomic E-state index is -3.57. The second-order valence-corrected chi connectivity index (χ2v) is 5.79. The molecule has 1 fully saturated rings. The molecule has 0 saturated carbocycles. The molecule has 1 N–H and O–H groups in total. The van der Waals surface area contributed by atoms with Gasteiger partial charge in [-0.1, -0.05) is 18.2 Å². The van der Waals surface area contributed by atoms with E-state index in [1.807, 2.05) is 0 Å². The van der Waals surface area contributed by atoms with Gasteiger partial charge in [0.15, 0.2) is 0 Å². The van der Waals surface area contributed by atoms with Crippen LogP contribution in [-0.4, -0.2) is 37.8 Å². The van der Waals surface area contributed by atoms with Gasteiger partial charge in [0.2, 0.25) is 15.9 Å². The van der Waals surface area contributed by atoms with Crippen LogP contribution >= 0.6 is 0 Å². The first-order chi connectivity index (χ1) is 8.03. The van der Waals surface area contributed by atoms with E-state index in [9.17, 15) is 13.2 Å². The Labute approximate surface area is 100 Å². The van der Waals surface area contributed by atoms with Gasteiger partial charge in [0.1, 0.15) is 6.04 Å². The van der Waals surface area contributed by atoms with Gasteiger partial charge in [-0.3, -0.25) is 4.79 Å². The predicted molar refractivity (Wildman–Crippen MR) is 62.8 cm³/mol. The molecule has 1 aliphatic heterocycles. The number of sulfonamides is 1. The first-order valence-corrected chi connectivity index (χ1v) is 6.82. The topological polar surface area (TPSA) is 66.5 Å². The Kier molecular flexibility index (Phi) is 3.17. The van der Waals surface area contributed by atoms with Crippen molar-refractivity contribution in [3.63, 3.8) is 0 Å². The Morgan fingerprint density at radius 3 is 2.59 bits per heavy atom. The predicted octanol–water partition coefficient (Wildman–Crippen LogP) is 0.196. The van der Waals surface area contributed by atoms with Crippen LogP contribution in [-0.2, 0) is 14.8 Å². The molecule has 1 aromatic carbocycles. The van der Waals surface area contributed by atoms with Crippen molar-refractivity contribution in [3.05, 3.63) is 30.3 Å². The van der Waals surface area contributed by atoms with Crippen molar-refractivity contribution in [2.24, 2.45) is 0 Å². The summed E-state index contributed by atoms with van der Waals surface area (Å²) in [7, 11) is -3.57. The molecule has 0 radical (unpaired) electrons. The molecule has 6 heteroatoms. The first-order valence-electron chi connectivity index (χ1n) is 5.38. The summed E-state index contributed by atoms with van der Waals surface area (Å²) in [5.41, 5.74) is 0. The summed E-state index contributed by atoms with van der Waals surface area (Å²) >= 11 is 0. The standard InChI is InChI=1S/C11H14N2O3S/c1-9-11(14)12-7-8-13(9)17(15,16)10-5-3-2-4-6-10/h2-6,9H,7-8H2,1H3,(H,12,14). The first kappa shape index (κ1) is 12.1. The zero-order valence-corrected chi connectivity index (χ0v) is 10.3. The molecule has 1 unspecified atom stereocenters. The molecule has 2 rings (SSSR count). The van der Waals surface area contributed by atoms with E-state index in [0.29, 0.717) is 13.1 Å². The Hall–Kier alpha value is -1.40. The molecule has 0 spiro atoms. The molecular weight excluding hydrogens is 240 g/mol. The molecule has 1 aliphatic rings. The highest BCUT2D eigenvalue weighted by molar-refractivity contribution is 7.89. The largest absolute Gasteiger partial charge is 0.353 e. The van der Waals surface area contributed by atoms with Crippen LogP contribution < -0.4 is 5.32 Å². The number of carbonyl (C=O) groups is 1. The van der Waals surface area contributed by atoms with Crippen LogP contribution in [0.4, 0.5) is 0 Å². The van der Waals surface area contributed by atoms with Crippen molar-refractivity contribution in [3.8, 4) is 0 Å². The van der Waals surface area contributed by atoms with Crippen LogP contribution in [0.5, 0.6) is 0 Å². The van der Waals surface area contributed by atoms with Crippen molar-refractivity contribution in [2.75, 3.05) is 13.1 Å². The smallest absolute Gasteiger partial charge is 0.243 e. The number of hydrogen-bond donors (Lipinski definition) is 1. The Morgan fingerprint density at radius 2 is 1.94 bits per heavy atom. The fraction of sp³-hybridized carbons (Fsp3) is 0.364. The summed E-state index contributed by atoms with van der Waals surface area (Å²) in [6.45, 7) is 2.26. The Balaban J connectivity index is 2.36. The van der Waals surface area contributed by atoms with Gasteiger partial charge < -0.3 is 5.32 Å². The maximum absolute atomic E-state index is 12.3. The number of rotatable bonds is 2. The molecule has 1 aromatic rings. The SMILES string of the molecule is CC1C(=O)NCCN1S(=O)(=O)c1ccccc1. The van der Waals surface area contributed by atoms with E-state index in [-0.39, 0.29) is 10.8 Å². The molecule has 1 amide bonds. The van der Waals surface area contributed by atoms with E-state index < -0.39 is 16.1 Å². The number of nitrogens with one attached hydrogen (secondary N) is 1. The summed E-state index contributed by atoms with van der Waals surface area (Å²) in [5.74, 6) is -0.254. The van der Waals surface area contributed by atoms with Crippen LogP contribution in [0.25, 0.3) is 0 Å². The molecule has 1 atom stereocenters. The maximum Gasteiger partial charge on any atom is 0.243 e. The van der Waals surface area contributed by atoms with E-state index in [1.54, 1.807) is 25.1 Å². The van der Waals surface area contributed by atoms with Crippen molar-refractivity contribution in [2.45, 2.75) is 17.9 Å². The zero-order valence-electron chi connectivity index (χ0n) is 9.46. The summed E-state index contributed by atoms with van der Waals surface area (Å²) in [6.07, 6.45) is 0. The third-order valence-corrected chi connectivity index (χ3v) is 4.78. The minimum Gasteiger partial charge on any atom is -0.353 e. The lowest BCUT2D eigenvalue weighted by atomic mass is 10.2. The van der Waals surface area contributed by atoms with Crippen LogP contribution in [0, 0.1) is 0 Å². The van der Waals surface area contributed by atoms with Crippen LogP contribution in [0.3, 0.4) is 0 Å². The number of carbonyl (C=O) groups excluding carboxylic acids is 1. The Bertz CT molecular complexity index is 513. The second kappa shape index (κ2) is 4.46. The summed E-state index contributed by atoms with van der Waals surface area (Å²) < 4.78 is 25.8. The highest BCUT2D eigenvalue weighted by atomic mass is 32.2. The van der Waals surface area contributed by atoms with Crippen molar-refractivity contribution >= 4 is 15.9 Å². The van der Waals surface area contributed by atoms with Crippen LogP contribution in [0.15, 0.2) is 35.2 Å². The summed E-state index contributed by atoms with van der Waals surface area (Å²) in [4.78, 5) is 11.7. The third-order valence-electron chi connectivity index (χ3n) is 2.79. The summed E-state index contributed by atoms with van der Waals surface area (Å²) in [6, 6.07) is 7.51. The highest BCUT2D eigenvalue weighted by Gasteiger charge is 2.35. The van der Waals surface area contributed by atoms with Gasteiger partial charge >= 0.3 is 0 Å². The molecule has 17 heavy (non-hydrogen) atoms. The molecule has 1 saturated heterocycles. The fourth-order valence-electron chi connectivity index (χ4n) is 1.82. The van der Waals surface area contributed by atoms with Gasteiger partial charge in [0.05, 0.1) is 4.90 Å². The fourth-order valence-corrected chi connectivity index (χ4v) is 3.43. The molecule has 1 heterocycles. The number of piperazine rings is 1. The van der Waals surface area contributed by atoms with Crippen molar-refractivity contribution < 1.29 is 13.2 Å². The molecule has 0 aromatic heterocycles. The van der Waals surface area contributed by atoms with Crippen molar-refractivity contribution in [1.82, 2.24) is 9.62 Å². The summed E-state index contributed by atoms with van der Waals surface area (Å²) in [5, 5.41) is 2.64. The van der Waals surface area contributed by atoms with E-state index in [1.165, 1.54) is 16.4 Å². The Morgan fingerprint density at radius 1 is 1.29 bits per heavy atom. The van der Waals surface area contributed by atoms with E-state index >= 15 is 0 Å². The van der Waals surface area contributed by atoms with Crippen LogP contribution in [0.2, 0.25) is 0 Å². The normalized spacial score (nSPS) is 22.2. The van der Waals surface area contributed by atoms with E-state index in [4.69, 9.17) is 0 Å². The average molecular weight is 254 g/mol. The maximum atomic E-state index is 12.3. The quantitative estimate of drug-likeness (QED) is 0.819. The number of hydrogen-bond acceptors (Lipinski definition) is 3. The lowest BCUT2D eigenvalue weighted by molar-refractivity contribution is -0.126. The van der Waals surface area contributed by atoms with Gasteiger partial charge in [-0.25, -0.2) is 8.42 Å². The molecule has 0 aliphatic carbocycles. The lowest BCUT2D eigenvalue weighted by Crippen LogP contribution is -2.55. The molecule has 92 valence electrons. The minimum absolute atomic E-state index is 0.224. The number of benzene rings is 1. The van der Waals surface area contributed by atoms with Crippen LogP contribution in [0.1, 0.15) is 6.92 Å².